The maximum Gasteiger partial charge on any atom is 0.329 e. The van der Waals surface area contributed by atoms with Crippen molar-refractivity contribution in [2.24, 2.45) is 0 Å². The molecule has 22 nitrogen and oxygen atoms in total. The molecule has 0 bridgehead atoms. The minimum atomic E-state index is -0.825. The van der Waals surface area contributed by atoms with E-state index in [1.165, 1.54) is 42.7 Å². The Balaban J connectivity index is 0.846. The highest BCUT2D eigenvalue weighted by molar-refractivity contribution is 5.90. The van der Waals surface area contributed by atoms with Gasteiger partial charge in [0.15, 0.2) is 36.2 Å². The number of carbonyl (C=O) groups excluding carboxylic acids is 6. The van der Waals surface area contributed by atoms with Crippen molar-refractivity contribution in [2.45, 2.75) is 127 Å². The monoisotopic (exact) mass is 1290 g/mol. The fraction of sp³-hybridized carbons (Fsp3) is 0.444. The van der Waals surface area contributed by atoms with Crippen molar-refractivity contribution in [1.29, 1.82) is 0 Å². The van der Waals surface area contributed by atoms with Crippen LogP contribution in [0.5, 0.6) is 46.0 Å². The number of hydrogen-bond acceptors (Lipinski definition) is 18. The summed E-state index contributed by atoms with van der Waals surface area (Å²) in [6.45, 7) is 4.12. The number of carbonyl (C=O) groups is 6. The van der Waals surface area contributed by atoms with E-state index in [2.05, 4.69) is 20.6 Å². The smallest absolute Gasteiger partial charge is 0.329 e. The van der Waals surface area contributed by atoms with E-state index in [4.69, 9.17) is 47.4 Å². The van der Waals surface area contributed by atoms with Gasteiger partial charge in [-0.2, -0.15) is 0 Å². The molecule has 8 rings (SSSR count). The number of likely N-dealkylation sites (tertiary alicyclic amines) is 2. The Morgan fingerprint density at radius 2 is 0.883 bits per heavy atom. The van der Waals surface area contributed by atoms with Crippen LogP contribution in [0, 0.1) is 0 Å². The lowest BCUT2D eigenvalue weighted by atomic mass is 9.91. The molecule has 94 heavy (non-hydrogen) atoms. The van der Waals surface area contributed by atoms with E-state index < -0.39 is 59.9 Å². The summed E-state index contributed by atoms with van der Waals surface area (Å²) in [5.74, 6) is -0.266. The first-order valence-corrected chi connectivity index (χ1v) is 32.1. The van der Waals surface area contributed by atoms with Crippen molar-refractivity contribution in [1.82, 2.24) is 30.4 Å². The molecule has 0 spiro atoms. The van der Waals surface area contributed by atoms with Crippen LogP contribution >= 0.6 is 0 Å². The van der Waals surface area contributed by atoms with Crippen molar-refractivity contribution in [3.8, 4) is 46.0 Å². The summed E-state index contributed by atoms with van der Waals surface area (Å²) in [7, 11) is 9.13. The minimum Gasteiger partial charge on any atom is -0.493 e. The van der Waals surface area contributed by atoms with Crippen LogP contribution in [0.15, 0.2) is 122 Å². The van der Waals surface area contributed by atoms with Crippen molar-refractivity contribution in [2.75, 3.05) is 82.1 Å². The Hall–Kier alpha value is -9.60. The Morgan fingerprint density at radius 3 is 1.22 bits per heavy atom. The third kappa shape index (κ3) is 18.6. The number of nitrogens with zero attached hydrogens (tertiary/aromatic N) is 4. The summed E-state index contributed by atoms with van der Waals surface area (Å²) in [5, 5.41) is 5.53. The second-order valence-electron chi connectivity index (χ2n) is 23.0. The number of aromatic nitrogens is 2. The normalized spacial score (nSPS) is 15.8. The van der Waals surface area contributed by atoms with Crippen molar-refractivity contribution in [3.05, 3.63) is 155 Å². The van der Waals surface area contributed by atoms with Gasteiger partial charge in [-0.05, 0) is 171 Å². The van der Waals surface area contributed by atoms with E-state index in [0.717, 1.165) is 36.8 Å². The fourth-order valence-corrected chi connectivity index (χ4v) is 12.1. The number of amides is 4. The van der Waals surface area contributed by atoms with Crippen molar-refractivity contribution in [3.63, 3.8) is 0 Å². The lowest BCUT2D eigenvalue weighted by molar-refractivity contribution is -0.162. The molecule has 4 aromatic carbocycles. The van der Waals surface area contributed by atoms with Crippen LogP contribution in [0.2, 0.25) is 0 Å². The Morgan fingerprint density at radius 1 is 0.489 bits per heavy atom. The number of rotatable bonds is 33. The van der Waals surface area contributed by atoms with Crippen LogP contribution < -0.4 is 48.5 Å². The van der Waals surface area contributed by atoms with Crippen molar-refractivity contribution < 1.29 is 76.1 Å². The number of esters is 2. The highest BCUT2D eigenvalue weighted by Crippen LogP contribution is 2.44. The van der Waals surface area contributed by atoms with Gasteiger partial charge >= 0.3 is 11.9 Å². The number of benzene rings is 4. The molecule has 2 aliphatic heterocycles. The molecule has 2 aliphatic rings. The predicted octanol–water partition coefficient (Wildman–Crippen LogP) is 9.80. The van der Waals surface area contributed by atoms with E-state index in [9.17, 15) is 28.8 Å². The summed E-state index contributed by atoms with van der Waals surface area (Å²) in [6, 6.07) is 27.1. The van der Waals surface area contributed by atoms with Crippen LogP contribution in [0.4, 0.5) is 0 Å². The number of nitrogens with one attached hydrogen (secondary N) is 2. The van der Waals surface area contributed by atoms with Gasteiger partial charge in [0.2, 0.25) is 23.3 Å². The van der Waals surface area contributed by atoms with Crippen LogP contribution in [-0.2, 0) is 51.1 Å². The summed E-state index contributed by atoms with van der Waals surface area (Å²) in [4.78, 5) is 96.0. The Bertz CT molecular complexity index is 3210. The SMILES string of the molecule is CC[C@H](C(=O)N1CCCC[C@H]1C(=O)OC(CCc1cccnc1)c1cccc(OCC(=O)NCCNC(=O)COc2cccc([C@@H](CCc3cccnc3)OC(=O)[C@@H]3CCCCN3C(=O)[C@@H](CC)c3cc(OC)c(OC)c(OC)c3)c2)c1)c1cc(OC)c(OC)c(OC)c1. The molecule has 502 valence electrons. The van der Waals surface area contributed by atoms with Gasteiger partial charge in [-0.25, -0.2) is 9.59 Å². The summed E-state index contributed by atoms with van der Waals surface area (Å²) in [6.07, 6.45) is 12.0. The minimum absolute atomic E-state index is 0.0933. The molecule has 2 fully saturated rings. The number of hydrogen-bond donors (Lipinski definition) is 2. The van der Waals surface area contributed by atoms with Gasteiger partial charge in [-0.3, -0.25) is 29.1 Å². The Labute approximate surface area is 550 Å². The third-order valence-electron chi connectivity index (χ3n) is 17.0. The third-order valence-corrected chi connectivity index (χ3v) is 17.0. The quantitative estimate of drug-likeness (QED) is 0.0287. The molecule has 22 heteroatoms. The number of aryl methyl sites for hydroxylation is 2. The van der Waals surface area contributed by atoms with Gasteiger partial charge in [0, 0.05) is 51.0 Å². The van der Waals surface area contributed by atoms with Crippen LogP contribution in [0.1, 0.15) is 135 Å². The molecule has 0 saturated carbocycles. The van der Waals surface area contributed by atoms with Gasteiger partial charge in [0.25, 0.3) is 11.8 Å². The van der Waals surface area contributed by atoms with E-state index in [0.29, 0.717) is 133 Å². The molecule has 2 aromatic heterocycles. The molecule has 2 saturated heterocycles. The average Bonchev–Trinajstić information content (AvgIpc) is 0.814. The molecule has 2 N–H and O–H groups in total. The summed E-state index contributed by atoms with van der Waals surface area (Å²) < 4.78 is 58.2. The largest absolute Gasteiger partial charge is 0.493 e. The van der Waals surface area contributed by atoms with Gasteiger partial charge in [-0.1, -0.05) is 50.2 Å². The van der Waals surface area contributed by atoms with Gasteiger partial charge < -0.3 is 67.8 Å². The molecule has 4 heterocycles. The standard InChI is InChI=1S/C72H88N6O16/c1-9-55(51-39-61(85-3)67(89-7)62(40-51)86-4)69(81)77-35-13-11-25-57(77)71(83)93-59(29-27-47-19-17-31-73-43-47)49-21-15-23-53(37-49)91-45-65(79)75-33-34-76-66(80)46-92-54-24-16-22-50(38-54)60(30-28-48-20-18-32-74-44-48)94-72(84)58-26-12-14-36-78(58)70(82)56(10-2)52-41-63(87-5)68(90-8)64(42-52)88-6/h15-24,31-32,37-44,55-60H,9-14,25-30,33-36,45-46H2,1-8H3,(H,75,79)(H,76,80)/t55-,56-,57-,58-,59+,60?/m0/s1. The Kier molecular flexibility index (Phi) is 26.5. The van der Waals surface area contributed by atoms with E-state index in [1.54, 1.807) is 95.3 Å². The lowest BCUT2D eigenvalue weighted by Gasteiger charge is -2.37. The lowest BCUT2D eigenvalue weighted by Crippen LogP contribution is -2.50. The summed E-state index contributed by atoms with van der Waals surface area (Å²) in [5.41, 5.74) is 4.52. The molecule has 6 aromatic rings. The highest BCUT2D eigenvalue weighted by Gasteiger charge is 2.40. The zero-order valence-corrected chi connectivity index (χ0v) is 55.1. The molecular weight excluding hydrogens is 1200 g/mol. The fourth-order valence-electron chi connectivity index (χ4n) is 12.1. The maximum absolute atomic E-state index is 14.5. The van der Waals surface area contributed by atoms with E-state index >= 15 is 0 Å². The first-order valence-electron chi connectivity index (χ1n) is 32.1. The molecular formula is C72H88N6O16. The number of piperidine rings is 2. The van der Waals surface area contributed by atoms with Gasteiger partial charge in [0.1, 0.15) is 35.8 Å². The number of ether oxygens (including phenoxy) is 10. The summed E-state index contributed by atoms with van der Waals surface area (Å²) >= 11 is 0. The van der Waals surface area contributed by atoms with E-state index in [-0.39, 0.29) is 38.1 Å². The van der Waals surface area contributed by atoms with Crippen LogP contribution in [-0.4, -0.2) is 149 Å². The van der Waals surface area contributed by atoms with Gasteiger partial charge in [-0.15, -0.1) is 0 Å². The van der Waals surface area contributed by atoms with Crippen LogP contribution in [0.3, 0.4) is 0 Å². The zero-order chi connectivity index (χ0) is 66.9. The zero-order valence-electron chi connectivity index (χ0n) is 55.1. The molecule has 0 aliphatic carbocycles. The first-order chi connectivity index (χ1) is 45.7. The van der Waals surface area contributed by atoms with Gasteiger partial charge in [0.05, 0.1) is 54.5 Å². The topological polar surface area (TPSA) is 251 Å². The molecule has 4 amide bonds. The number of pyridine rings is 2. The molecule has 0 radical (unpaired) electrons. The highest BCUT2D eigenvalue weighted by atomic mass is 16.6. The maximum atomic E-state index is 14.5. The first kappa shape index (κ1) is 70.3. The molecule has 6 atom stereocenters. The molecule has 1 unspecified atom stereocenters. The van der Waals surface area contributed by atoms with Crippen molar-refractivity contribution >= 4 is 35.6 Å². The number of methoxy groups -OCH3 is 6. The predicted molar refractivity (Wildman–Crippen MR) is 350 cm³/mol. The van der Waals surface area contributed by atoms with E-state index in [1.807, 2.05) is 50.2 Å². The van der Waals surface area contributed by atoms with Crippen LogP contribution in [0.25, 0.3) is 0 Å². The second-order valence-corrected chi connectivity index (χ2v) is 23.0. The average molecular weight is 1290 g/mol. The second kappa shape index (κ2) is 35.4.